The van der Waals surface area contributed by atoms with Crippen LogP contribution in [0.3, 0.4) is 0 Å². The van der Waals surface area contributed by atoms with E-state index in [1.807, 2.05) is 20.8 Å². The first-order chi connectivity index (χ1) is 16.1. The Bertz CT molecular complexity index is 1070. The van der Waals surface area contributed by atoms with E-state index in [4.69, 9.17) is 0 Å². The number of pyridine rings is 1. The Balaban J connectivity index is 1.80. The summed E-state index contributed by atoms with van der Waals surface area (Å²) in [6.45, 7) is 10.0. The molecule has 1 heterocycles. The zero-order chi connectivity index (χ0) is 25.0. The normalized spacial score (nSPS) is 17.7. The lowest BCUT2D eigenvalue weighted by Gasteiger charge is -2.30. The topological polar surface area (TPSA) is 50.2 Å². The highest BCUT2D eigenvalue weighted by atomic mass is 32.2. The van der Waals surface area contributed by atoms with Gasteiger partial charge in [-0.1, -0.05) is 37.6 Å². The number of aliphatic hydroxyl groups excluding tert-OH is 1. The Morgan fingerprint density at radius 1 is 1.21 bits per heavy atom. The highest BCUT2D eigenvalue weighted by molar-refractivity contribution is 7.99. The van der Waals surface area contributed by atoms with Crippen molar-refractivity contribution in [2.45, 2.75) is 57.7 Å². The smallest absolute Gasteiger partial charge is 0.417 e. The summed E-state index contributed by atoms with van der Waals surface area (Å²) in [5, 5.41) is 11.5. The number of aryl methyl sites for hydroxylation is 3. The number of aromatic nitrogens is 1. The van der Waals surface area contributed by atoms with Gasteiger partial charge in [0.25, 0.3) is 0 Å². The maximum absolute atomic E-state index is 13.3. The molecule has 3 nitrogen and oxygen atoms in total. The molecule has 0 amide bonds. The van der Waals surface area contributed by atoms with Crippen LogP contribution in [0, 0.1) is 18.8 Å². The van der Waals surface area contributed by atoms with Crippen molar-refractivity contribution in [3.63, 3.8) is 0 Å². The van der Waals surface area contributed by atoms with Crippen LogP contribution in [-0.4, -0.2) is 21.6 Å². The fraction of sp³-hybridized carbons (Fsp3) is 0.407. The number of carbonyl (C=O) groups excluding carboxylic acids is 1. The molecule has 0 saturated carbocycles. The number of Topliss-reactive ketones (excluding diaryl/α,β-unsaturated/α-hetero) is 1. The zero-order valence-corrected chi connectivity index (χ0v) is 20.5. The summed E-state index contributed by atoms with van der Waals surface area (Å²) in [7, 11) is 0. The number of carbonyl (C=O) groups is 1. The van der Waals surface area contributed by atoms with Crippen LogP contribution in [0.25, 0.3) is 5.57 Å². The Kier molecular flexibility index (Phi) is 8.29. The van der Waals surface area contributed by atoms with Crippen molar-refractivity contribution >= 4 is 23.1 Å². The van der Waals surface area contributed by atoms with Gasteiger partial charge < -0.3 is 5.11 Å². The van der Waals surface area contributed by atoms with E-state index in [0.29, 0.717) is 22.8 Å². The molecule has 0 saturated heterocycles. The van der Waals surface area contributed by atoms with Gasteiger partial charge in [0.15, 0.2) is 5.78 Å². The number of allylic oxidation sites excluding steroid dienone is 3. The van der Waals surface area contributed by atoms with Crippen LogP contribution in [0.5, 0.6) is 0 Å². The molecule has 0 spiro atoms. The summed E-state index contributed by atoms with van der Waals surface area (Å²) in [6, 6.07) is 6.52. The number of aliphatic hydroxyl groups is 1. The molecule has 1 aromatic heterocycles. The van der Waals surface area contributed by atoms with Crippen LogP contribution in [0.2, 0.25) is 0 Å². The number of hydrogen-bond donors (Lipinski definition) is 1. The zero-order valence-electron chi connectivity index (χ0n) is 19.7. The molecule has 3 rings (SSSR count). The predicted octanol–water partition coefficient (Wildman–Crippen LogP) is 7.38. The molecule has 7 heteroatoms. The quantitative estimate of drug-likeness (QED) is 0.311. The van der Waals surface area contributed by atoms with E-state index in [9.17, 15) is 23.1 Å². The first-order valence-electron chi connectivity index (χ1n) is 11.5. The van der Waals surface area contributed by atoms with Crippen LogP contribution in [0.1, 0.15) is 54.5 Å². The maximum atomic E-state index is 13.3. The van der Waals surface area contributed by atoms with Crippen molar-refractivity contribution in [1.82, 2.24) is 4.98 Å². The largest absolute Gasteiger partial charge is 0.512 e. The number of ketones is 1. The molecule has 34 heavy (non-hydrogen) atoms. The van der Waals surface area contributed by atoms with Crippen molar-refractivity contribution in [3.05, 3.63) is 76.7 Å². The number of halogens is 3. The van der Waals surface area contributed by atoms with Crippen molar-refractivity contribution in [2.75, 3.05) is 5.75 Å². The summed E-state index contributed by atoms with van der Waals surface area (Å²) < 4.78 is 38.3. The maximum Gasteiger partial charge on any atom is 0.417 e. The van der Waals surface area contributed by atoms with Crippen molar-refractivity contribution in [1.29, 1.82) is 0 Å². The van der Waals surface area contributed by atoms with Gasteiger partial charge >= 0.3 is 6.18 Å². The predicted molar refractivity (Wildman–Crippen MR) is 131 cm³/mol. The molecule has 2 aromatic rings. The average Bonchev–Trinajstić information content (AvgIpc) is 2.79. The van der Waals surface area contributed by atoms with Gasteiger partial charge in [-0.2, -0.15) is 13.2 Å². The van der Waals surface area contributed by atoms with E-state index in [1.165, 1.54) is 17.8 Å². The van der Waals surface area contributed by atoms with E-state index in [0.717, 1.165) is 47.4 Å². The molecule has 0 aliphatic heterocycles. The van der Waals surface area contributed by atoms with Gasteiger partial charge in [0.1, 0.15) is 5.76 Å². The van der Waals surface area contributed by atoms with Crippen LogP contribution in [-0.2, 0) is 23.8 Å². The monoisotopic (exact) mass is 489 g/mol. The van der Waals surface area contributed by atoms with Crippen LogP contribution in [0.4, 0.5) is 13.2 Å². The Morgan fingerprint density at radius 2 is 1.85 bits per heavy atom. The van der Waals surface area contributed by atoms with Gasteiger partial charge in [0, 0.05) is 24.8 Å². The van der Waals surface area contributed by atoms with Crippen LogP contribution < -0.4 is 0 Å². The van der Waals surface area contributed by atoms with Gasteiger partial charge in [0.05, 0.1) is 16.2 Å². The minimum absolute atomic E-state index is 0.0773. The second kappa shape index (κ2) is 10.8. The summed E-state index contributed by atoms with van der Waals surface area (Å²) in [5.74, 6) is 0.311. The third kappa shape index (κ3) is 5.74. The van der Waals surface area contributed by atoms with E-state index in [2.05, 4.69) is 23.7 Å². The first-order valence-corrected chi connectivity index (χ1v) is 12.4. The second-order valence-corrected chi connectivity index (χ2v) is 9.71. The molecular formula is C27H30F3NO2S. The average molecular weight is 490 g/mol. The minimum Gasteiger partial charge on any atom is -0.512 e. The van der Waals surface area contributed by atoms with Crippen LogP contribution in [0.15, 0.2) is 53.9 Å². The molecule has 0 bridgehead atoms. The van der Waals surface area contributed by atoms with Crippen molar-refractivity contribution < 1.29 is 23.1 Å². The highest BCUT2D eigenvalue weighted by Gasteiger charge is 2.34. The van der Waals surface area contributed by atoms with E-state index in [-0.39, 0.29) is 29.8 Å². The standard InChI is InChI=1S/C27H30F3NO2S/c1-5-17-10-16(4)11-18(6-2)25(17)26-22(32)12-20(13-23(26)33)19(7-3)15-34-24-9-8-21(14-31-24)27(28,29)30/h7-11,14,19-20,32H,3,5-6,12-13,15H2,1-2,4H3. The van der Waals surface area contributed by atoms with Gasteiger partial charge in [-0.15, -0.1) is 18.3 Å². The number of thioether (sulfide) groups is 1. The van der Waals surface area contributed by atoms with Crippen molar-refractivity contribution in [2.24, 2.45) is 11.8 Å². The SMILES string of the molecule is C=CC(CSc1ccc(C(F)(F)F)cn1)C1CC(=O)C(c2c(CC)cc(C)cc2CC)=C(O)C1. The molecule has 1 aliphatic rings. The second-order valence-electron chi connectivity index (χ2n) is 8.67. The molecule has 1 aromatic carbocycles. The highest BCUT2D eigenvalue weighted by Crippen LogP contribution is 2.40. The number of alkyl halides is 3. The fourth-order valence-electron chi connectivity index (χ4n) is 4.54. The molecular weight excluding hydrogens is 459 g/mol. The molecule has 2 unspecified atom stereocenters. The Labute approximate surface area is 203 Å². The van der Waals surface area contributed by atoms with Gasteiger partial charge in [-0.3, -0.25) is 4.79 Å². The number of rotatable bonds is 8. The summed E-state index contributed by atoms with van der Waals surface area (Å²) in [6.07, 6.45) is 0.350. The van der Waals surface area contributed by atoms with E-state index >= 15 is 0 Å². The van der Waals surface area contributed by atoms with E-state index < -0.39 is 11.7 Å². The Hall–Kier alpha value is -2.54. The summed E-state index contributed by atoms with van der Waals surface area (Å²) >= 11 is 1.32. The van der Waals surface area contributed by atoms with Crippen LogP contribution >= 0.6 is 11.8 Å². The van der Waals surface area contributed by atoms with Gasteiger partial charge in [0.2, 0.25) is 0 Å². The third-order valence-corrected chi connectivity index (χ3v) is 7.41. The minimum atomic E-state index is -4.42. The molecule has 1 N–H and O–H groups in total. The lowest BCUT2D eigenvalue weighted by atomic mass is 9.76. The third-order valence-electron chi connectivity index (χ3n) is 6.32. The molecule has 2 atom stereocenters. The van der Waals surface area contributed by atoms with Gasteiger partial charge in [-0.25, -0.2) is 4.98 Å². The first kappa shape index (κ1) is 26.1. The molecule has 0 radical (unpaired) electrons. The van der Waals surface area contributed by atoms with Gasteiger partial charge in [-0.05, 0) is 60.4 Å². The lowest BCUT2D eigenvalue weighted by Crippen LogP contribution is -2.26. The van der Waals surface area contributed by atoms with Crippen molar-refractivity contribution in [3.8, 4) is 0 Å². The summed E-state index contributed by atoms with van der Waals surface area (Å²) in [5.41, 5.74) is 3.79. The molecule has 0 fully saturated rings. The van der Waals surface area contributed by atoms with E-state index in [1.54, 1.807) is 6.08 Å². The molecule has 182 valence electrons. The Morgan fingerprint density at radius 3 is 2.32 bits per heavy atom. The number of nitrogens with zero attached hydrogens (tertiary/aromatic N) is 1. The lowest BCUT2D eigenvalue weighted by molar-refractivity contribution is -0.137. The summed E-state index contributed by atoms with van der Waals surface area (Å²) in [4.78, 5) is 17.2. The fourth-order valence-corrected chi connectivity index (χ4v) is 5.61. The molecule has 1 aliphatic carbocycles. The number of hydrogen-bond acceptors (Lipinski definition) is 4. The number of benzene rings is 1.